The highest BCUT2D eigenvalue weighted by atomic mass is 35.5. The van der Waals surface area contributed by atoms with E-state index in [1.807, 2.05) is 12.1 Å². The average molecular weight is 323 g/mol. The molecule has 1 aromatic rings. The molecule has 0 saturated heterocycles. The molecule has 0 aromatic heterocycles. The summed E-state index contributed by atoms with van der Waals surface area (Å²) in [4.78, 5) is 0. The Morgan fingerprint density at radius 1 is 0.950 bits per heavy atom. The normalized spacial score (nSPS) is 10.8. The van der Waals surface area contributed by atoms with Crippen LogP contribution < -0.4 is 4.74 Å². The van der Waals surface area contributed by atoms with Crippen LogP contribution in [0.3, 0.4) is 0 Å². The van der Waals surface area contributed by atoms with Gasteiger partial charge in [-0.3, -0.25) is 0 Å². The Hall–Kier alpha value is -0.520. The highest BCUT2D eigenvalue weighted by Crippen LogP contribution is 2.29. The van der Waals surface area contributed by atoms with Gasteiger partial charge in [0.05, 0.1) is 43.9 Å². The van der Waals surface area contributed by atoms with Gasteiger partial charge >= 0.3 is 0 Å². The molecular formula is C14H20Cl2O4. The maximum absolute atomic E-state index is 6.06. The molecule has 0 aliphatic heterocycles. The van der Waals surface area contributed by atoms with Gasteiger partial charge in [-0.05, 0) is 6.07 Å². The first kappa shape index (κ1) is 17.5. The summed E-state index contributed by atoms with van der Waals surface area (Å²) in [5, 5.41) is 0.561. The van der Waals surface area contributed by atoms with Crippen molar-refractivity contribution < 1.29 is 18.9 Å². The average Bonchev–Trinajstić information content (AvgIpc) is 2.46. The summed E-state index contributed by atoms with van der Waals surface area (Å²) in [5.41, 5.74) is 0.877. The molecule has 0 heterocycles. The van der Waals surface area contributed by atoms with Crippen LogP contribution >= 0.6 is 23.2 Å². The maximum atomic E-state index is 6.06. The fourth-order valence-electron chi connectivity index (χ4n) is 1.49. The van der Waals surface area contributed by atoms with Gasteiger partial charge in [0.1, 0.15) is 12.4 Å². The van der Waals surface area contributed by atoms with E-state index in [9.17, 15) is 0 Å². The van der Waals surface area contributed by atoms with Gasteiger partial charge in [0.25, 0.3) is 0 Å². The SMILES string of the molecule is COCCOCCOCCOc1c(Cl)cccc1CCl. The lowest BCUT2D eigenvalue weighted by Crippen LogP contribution is -2.12. The van der Waals surface area contributed by atoms with E-state index in [1.54, 1.807) is 13.2 Å². The molecule has 20 heavy (non-hydrogen) atoms. The van der Waals surface area contributed by atoms with Crippen molar-refractivity contribution in [1.82, 2.24) is 0 Å². The van der Waals surface area contributed by atoms with Crippen LogP contribution in [0.15, 0.2) is 18.2 Å². The maximum Gasteiger partial charge on any atom is 0.142 e. The fourth-order valence-corrected chi connectivity index (χ4v) is 1.95. The molecule has 6 heteroatoms. The smallest absolute Gasteiger partial charge is 0.142 e. The summed E-state index contributed by atoms with van der Waals surface area (Å²) in [6.45, 7) is 3.14. The van der Waals surface area contributed by atoms with Crippen molar-refractivity contribution in [1.29, 1.82) is 0 Å². The molecule has 0 atom stereocenters. The summed E-state index contributed by atoms with van der Waals surface area (Å²) in [6, 6.07) is 5.51. The molecule has 0 N–H and O–H groups in total. The third-order valence-corrected chi connectivity index (χ3v) is 3.06. The van der Waals surface area contributed by atoms with Crippen molar-refractivity contribution in [2.75, 3.05) is 46.8 Å². The molecule has 0 spiro atoms. The molecule has 0 radical (unpaired) electrons. The summed E-state index contributed by atoms with van der Waals surface area (Å²) < 4.78 is 21.1. The van der Waals surface area contributed by atoms with Crippen molar-refractivity contribution in [2.24, 2.45) is 0 Å². The van der Waals surface area contributed by atoms with Gasteiger partial charge in [-0.2, -0.15) is 0 Å². The van der Waals surface area contributed by atoms with Crippen LogP contribution in [0.4, 0.5) is 0 Å². The van der Waals surface area contributed by atoms with Gasteiger partial charge in [-0.25, -0.2) is 0 Å². The summed E-state index contributed by atoms with van der Waals surface area (Å²) >= 11 is 11.9. The number of para-hydroxylation sites is 1. The van der Waals surface area contributed by atoms with Gasteiger partial charge < -0.3 is 18.9 Å². The number of benzene rings is 1. The topological polar surface area (TPSA) is 36.9 Å². The molecule has 0 bridgehead atoms. The summed E-state index contributed by atoms with van der Waals surface area (Å²) in [5.74, 6) is 0.994. The number of methoxy groups -OCH3 is 1. The van der Waals surface area contributed by atoms with Gasteiger partial charge in [-0.1, -0.05) is 23.7 Å². The van der Waals surface area contributed by atoms with Crippen LogP contribution in [0.25, 0.3) is 0 Å². The van der Waals surface area contributed by atoms with Gasteiger partial charge in [0, 0.05) is 12.7 Å². The Labute approximate surface area is 129 Å². The van der Waals surface area contributed by atoms with Crippen LogP contribution in [-0.4, -0.2) is 46.8 Å². The summed E-state index contributed by atoms with van der Waals surface area (Å²) in [6.07, 6.45) is 0. The molecule has 1 rings (SSSR count). The third-order valence-electron chi connectivity index (χ3n) is 2.47. The molecule has 0 amide bonds. The van der Waals surface area contributed by atoms with Gasteiger partial charge in [0.15, 0.2) is 0 Å². The standard InChI is InChI=1S/C14H20Cl2O4/c1-17-5-6-18-7-8-19-9-10-20-14-12(11-15)3-2-4-13(14)16/h2-4H,5-11H2,1H3. The third kappa shape index (κ3) is 6.77. The Bertz CT molecular complexity index is 374. The highest BCUT2D eigenvalue weighted by molar-refractivity contribution is 6.32. The highest BCUT2D eigenvalue weighted by Gasteiger charge is 2.07. The minimum atomic E-state index is 0.365. The lowest BCUT2D eigenvalue weighted by molar-refractivity contribution is 0.0179. The second-order valence-corrected chi connectivity index (χ2v) is 4.60. The number of alkyl halides is 1. The molecular weight excluding hydrogens is 303 g/mol. The lowest BCUT2D eigenvalue weighted by atomic mass is 10.2. The van der Waals surface area contributed by atoms with Crippen LogP contribution in [0.1, 0.15) is 5.56 Å². The Morgan fingerprint density at radius 3 is 2.25 bits per heavy atom. The number of rotatable bonds is 11. The van der Waals surface area contributed by atoms with E-state index in [0.29, 0.717) is 56.3 Å². The van der Waals surface area contributed by atoms with E-state index < -0.39 is 0 Å². The quantitative estimate of drug-likeness (QED) is 0.463. The first-order valence-corrected chi connectivity index (χ1v) is 7.31. The molecule has 0 unspecified atom stereocenters. The van der Waals surface area contributed by atoms with Crippen molar-refractivity contribution in [3.05, 3.63) is 28.8 Å². The first-order valence-electron chi connectivity index (χ1n) is 6.40. The Balaban J connectivity index is 2.12. The largest absolute Gasteiger partial charge is 0.489 e. The van der Waals surface area contributed by atoms with E-state index in [4.69, 9.17) is 42.1 Å². The van der Waals surface area contributed by atoms with Gasteiger partial charge in [-0.15, -0.1) is 11.6 Å². The predicted octanol–water partition coefficient (Wildman–Crippen LogP) is 3.14. The van der Waals surface area contributed by atoms with Crippen LogP contribution in [0.2, 0.25) is 5.02 Å². The first-order chi connectivity index (χ1) is 9.79. The molecule has 0 aliphatic rings. The molecule has 4 nitrogen and oxygen atoms in total. The number of halogens is 2. The summed E-state index contributed by atoms with van der Waals surface area (Å²) in [7, 11) is 1.64. The van der Waals surface area contributed by atoms with E-state index in [0.717, 1.165) is 5.56 Å². The molecule has 1 aromatic carbocycles. The predicted molar refractivity (Wildman–Crippen MR) is 80.0 cm³/mol. The minimum Gasteiger partial charge on any atom is -0.489 e. The second-order valence-electron chi connectivity index (χ2n) is 3.93. The molecule has 0 saturated carbocycles. The monoisotopic (exact) mass is 322 g/mol. The molecule has 114 valence electrons. The minimum absolute atomic E-state index is 0.365. The van der Waals surface area contributed by atoms with Crippen LogP contribution in [0.5, 0.6) is 5.75 Å². The van der Waals surface area contributed by atoms with E-state index >= 15 is 0 Å². The zero-order valence-corrected chi connectivity index (χ0v) is 13.1. The molecule has 0 aliphatic carbocycles. The van der Waals surface area contributed by atoms with Crippen molar-refractivity contribution in [3.63, 3.8) is 0 Å². The number of ether oxygens (including phenoxy) is 4. The lowest BCUT2D eigenvalue weighted by Gasteiger charge is -2.12. The number of hydrogen-bond acceptors (Lipinski definition) is 4. The zero-order chi connectivity index (χ0) is 14.6. The van der Waals surface area contributed by atoms with Crippen molar-refractivity contribution in [2.45, 2.75) is 5.88 Å². The van der Waals surface area contributed by atoms with Gasteiger partial charge in [0.2, 0.25) is 0 Å². The second kappa shape index (κ2) is 11.2. The Morgan fingerprint density at radius 2 is 1.60 bits per heavy atom. The fraction of sp³-hybridized carbons (Fsp3) is 0.571. The molecule has 0 fully saturated rings. The Kier molecular flexibility index (Phi) is 9.79. The van der Waals surface area contributed by atoms with Crippen LogP contribution in [-0.2, 0) is 20.1 Å². The van der Waals surface area contributed by atoms with Crippen molar-refractivity contribution in [3.8, 4) is 5.75 Å². The van der Waals surface area contributed by atoms with Crippen LogP contribution in [0, 0.1) is 0 Å². The van der Waals surface area contributed by atoms with E-state index in [2.05, 4.69) is 0 Å². The number of hydrogen-bond donors (Lipinski definition) is 0. The zero-order valence-electron chi connectivity index (χ0n) is 11.6. The van der Waals surface area contributed by atoms with E-state index in [1.165, 1.54) is 0 Å². The van der Waals surface area contributed by atoms with E-state index in [-0.39, 0.29) is 0 Å². The van der Waals surface area contributed by atoms with Crippen molar-refractivity contribution >= 4 is 23.2 Å².